The molecule has 2 fully saturated rings. The third-order valence-corrected chi connectivity index (χ3v) is 7.80. The average molecular weight is 330 g/mol. The number of sulfonamides is 1. The van der Waals surface area contributed by atoms with Crippen LogP contribution in [0.25, 0.3) is 0 Å². The van der Waals surface area contributed by atoms with Gasteiger partial charge in [0, 0.05) is 23.0 Å². The first-order valence-electron chi connectivity index (χ1n) is 7.43. The van der Waals surface area contributed by atoms with Gasteiger partial charge in [-0.3, -0.25) is 0 Å². The Labute approximate surface area is 130 Å². The Morgan fingerprint density at radius 2 is 2.00 bits per heavy atom. The molecule has 2 N–H and O–H groups in total. The molecule has 5 nitrogen and oxygen atoms in total. The molecular weight excluding hydrogens is 308 g/mol. The molecule has 2 saturated heterocycles. The molecule has 0 aromatic carbocycles. The summed E-state index contributed by atoms with van der Waals surface area (Å²) in [4.78, 5) is 3.10. The third-order valence-electron chi connectivity index (χ3n) is 4.72. The van der Waals surface area contributed by atoms with Gasteiger partial charge in [0.2, 0.25) is 10.0 Å². The standard InChI is InChI=1S/C14H22N2O3S2/c1-16-11-3-2-4-12(16)8-10(7-11)15-21(18,19)14-6-5-13(9-17)20-14/h5-6,10-12,15,17H,2-4,7-9H2,1H3. The average Bonchev–Trinajstić information content (AvgIpc) is 2.89. The molecule has 0 amide bonds. The molecule has 0 saturated carbocycles. The minimum atomic E-state index is -3.46. The fourth-order valence-corrected chi connectivity index (χ4v) is 6.07. The van der Waals surface area contributed by atoms with E-state index >= 15 is 0 Å². The number of fused-ring (bicyclic) bond motifs is 2. The van der Waals surface area contributed by atoms with Crippen LogP contribution in [0.3, 0.4) is 0 Å². The maximum atomic E-state index is 12.4. The minimum absolute atomic E-state index is 0.0289. The van der Waals surface area contributed by atoms with Crippen LogP contribution in [0.4, 0.5) is 0 Å². The van der Waals surface area contributed by atoms with Crippen LogP contribution in [-0.4, -0.2) is 43.6 Å². The summed E-state index contributed by atoms with van der Waals surface area (Å²) in [6, 6.07) is 4.28. The molecule has 2 aliphatic heterocycles. The smallest absolute Gasteiger partial charge is 0.250 e. The number of aliphatic hydroxyl groups excluding tert-OH is 1. The van der Waals surface area contributed by atoms with Gasteiger partial charge in [-0.05, 0) is 44.9 Å². The highest BCUT2D eigenvalue weighted by Gasteiger charge is 2.37. The first kappa shape index (κ1) is 15.4. The van der Waals surface area contributed by atoms with Crippen LogP contribution in [0.15, 0.2) is 16.3 Å². The lowest BCUT2D eigenvalue weighted by atomic mass is 9.83. The van der Waals surface area contributed by atoms with Gasteiger partial charge in [-0.2, -0.15) is 0 Å². The predicted octanol–water partition coefficient (Wildman–Crippen LogP) is 1.53. The molecule has 0 aliphatic carbocycles. The van der Waals surface area contributed by atoms with Gasteiger partial charge in [0.1, 0.15) is 4.21 Å². The summed E-state index contributed by atoms with van der Waals surface area (Å²) < 4.78 is 28.0. The number of aliphatic hydroxyl groups is 1. The molecule has 1 aromatic heterocycles. The minimum Gasteiger partial charge on any atom is -0.391 e. The maximum Gasteiger partial charge on any atom is 0.250 e. The highest BCUT2D eigenvalue weighted by Crippen LogP contribution is 2.33. The summed E-state index contributed by atoms with van der Waals surface area (Å²) >= 11 is 1.14. The van der Waals surface area contributed by atoms with Crippen molar-refractivity contribution in [3.8, 4) is 0 Å². The van der Waals surface area contributed by atoms with Crippen molar-refractivity contribution in [1.82, 2.24) is 9.62 Å². The lowest BCUT2D eigenvalue weighted by Gasteiger charge is -2.47. The van der Waals surface area contributed by atoms with Crippen LogP contribution in [0.5, 0.6) is 0 Å². The normalized spacial score (nSPS) is 30.5. The molecular formula is C14H22N2O3S2. The van der Waals surface area contributed by atoms with Crippen molar-refractivity contribution >= 4 is 21.4 Å². The van der Waals surface area contributed by atoms with Crippen LogP contribution in [-0.2, 0) is 16.6 Å². The van der Waals surface area contributed by atoms with E-state index in [1.165, 1.54) is 19.3 Å². The summed E-state index contributed by atoms with van der Waals surface area (Å²) in [5, 5.41) is 9.07. The first-order chi connectivity index (χ1) is 9.99. The second-order valence-corrected chi connectivity index (χ2v) is 9.18. The van der Waals surface area contributed by atoms with Crippen molar-refractivity contribution in [3.63, 3.8) is 0 Å². The van der Waals surface area contributed by atoms with Crippen molar-refractivity contribution in [1.29, 1.82) is 0 Å². The van der Waals surface area contributed by atoms with Gasteiger partial charge in [0.05, 0.1) is 6.61 Å². The van der Waals surface area contributed by atoms with Crippen LogP contribution in [0.2, 0.25) is 0 Å². The number of hydrogen-bond acceptors (Lipinski definition) is 5. The Bertz CT molecular complexity index is 585. The second kappa shape index (κ2) is 5.96. The van der Waals surface area contributed by atoms with Crippen LogP contribution in [0, 0.1) is 0 Å². The molecule has 7 heteroatoms. The fraction of sp³-hybridized carbons (Fsp3) is 0.714. The largest absolute Gasteiger partial charge is 0.391 e. The van der Waals surface area contributed by atoms with Crippen molar-refractivity contribution in [2.75, 3.05) is 7.05 Å². The zero-order valence-corrected chi connectivity index (χ0v) is 13.8. The van der Waals surface area contributed by atoms with E-state index in [2.05, 4.69) is 16.7 Å². The monoisotopic (exact) mass is 330 g/mol. The van der Waals surface area contributed by atoms with Gasteiger partial charge in [-0.15, -0.1) is 11.3 Å². The number of nitrogens with one attached hydrogen (secondary N) is 1. The molecule has 2 atom stereocenters. The molecule has 1 aromatic rings. The number of piperidine rings is 2. The Hall–Kier alpha value is -0.470. The molecule has 118 valence electrons. The summed E-state index contributed by atoms with van der Waals surface area (Å²) in [6.45, 7) is -0.113. The topological polar surface area (TPSA) is 69.6 Å². The van der Waals surface area contributed by atoms with Crippen molar-refractivity contribution in [2.45, 2.75) is 61.0 Å². The Kier molecular flexibility index (Phi) is 4.38. The fourth-order valence-electron chi connectivity index (χ4n) is 3.58. The van der Waals surface area contributed by atoms with Crippen molar-refractivity contribution < 1.29 is 13.5 Å². The predicted molar refractivity (Wildman–Crippen MR) is 82.8 cm³/mol. The van der Waals surface area contributed by atoms with E-state index in [0.717, 1.165) is 24.2 Å². The van der Waals surface area contributed by atoms with Crippen LogP contribution in [0.1, 0.15) is 37.0 Å². The van der Waals surface area contributed by atoms with Gasteiger partial charge >= 0.3 is 0 Å². The SMILES string of the molecule is CN1C2CCCC1CC(NS(=O)(=O)c1ccc(CO)s1)C2. The lowest BCUT2D eigenvalue weighted by molar-refractivity contribution is 0.0536. The van der Waals surface area contributed by atoms with Crippen LogP contribution >= 0.6 is 11.3 Å². The van der Waals surface area contributed by atoms with Gasteiger partial charge in [-0.25, -0.2) is 13.1 Å². The van der Waals surface area contributed by atoms with E-state index < -0.39 is 10.0 Å². The van der Waals surface area contributed by atoms with E-state index in [4.69, 9.17) is 5.11 Å². The Morgan fingerprint density at radius 1 is 1.33 bits per heavy atom. The summed E-state index contributed by atoms with van der Waals surface area (Å²) in [5.41, 5.74) is 0. The molecule has 21 heavy (non-hydrogen) atoms. The van der Waals surface area contributed by atoms with Gasteiger partial charge in [-0.1, -0.05) is 6.42 Å². The molecule has 3 heterocycles. The molecule has 0 spiro atoms. The third kappa shape index (κ3) is 3.17. The number of hydrogen-bond donors (Lipinski definition) is 2. The molecule has 2 bridgehead atoms. The number of rotatable bonds is 4. The highest BCUT2D eigenvalue weighted by atomic mass is 32.2. The summed E-state index contributed by atoms with van der Waals surface area (Å²) in [5.74, 6) is 0. The molecule has 2 aliphatic rings. The summed E-state index contributed by atoms with van der Waals surface area (Å²) in [6.07, 6.45) is 5.37. The van der Waals surface area contributed by atoms with Gasteiger partial charge in [0.15, 0.2) is 0 Å². The Morgan fingerprint density at radius 3 is 2.57 bits per heavy atom. The van der Waals surface area contributed by atoms with E-state index in [-0.39, 0.29) is 12.6 Å². The Balaban J connectivity index is 1.71. The number of thiophene rings is 1. The van der Waals surface area contributed by atoms with E-state index in [9.17, 15) is 8.42 Å². The molecule has 3 rings (SSSR count). The van der Waals surface area contributed by atoms with E-state index in [1.807, 2.05) is 0 Å². The van der Waals surface area contributed by atoms with E-state index in [0.29, 0.717) is 21.2 Å². The maximum absolute atomic E-state index is 12.4. The zero-order chi connectivity index (χ0) is 15.0. The van der Waals surface area contributed by atoms with Crippen molar-refractivity contribution in [2.24, 2.45) is 0 Å². The zero-order valence-electron chi connectivity index (χ0n) is 12.2. The molecule has 2 unspecified atom stereocenters. The molecule has 0 radical (unpaired) electrons. The second-order valence-electron chi connectivity index (χ2n) is 6.07. The number of nitrogens with zero attached hydrogens (tertiary/aromatic N) is 1. The highest BCUT2D eigenvalue weighted by molar-refractivity contribution is 7.91. The summed E-state index contributed by atoms with van der Waals surface area (Å²) in [7, 11) is -1.30. The lowest BCUT2D eigenvalue weighted by Crippen LogP contribution is -2.55. The quantitative estimate of drug-likeness (QED) is 0.878. The van der Waals surface area contributed by atoms with E-state index in [1.54, 1.807) is 12.1 Å². The van der Waals surface area contributed by atoms with Crippen LogP contribution < -0.4 is 4.72 Å². The van der Waals surface area contributed by atoms with Gasteiger partial charge < -0.3 is 10.0 Å². The van der Waals surface area contributed by atoms with Crippen molar-refractivity contribution in [3.05, 3.63) is 17.0 Å². The first-order valence-corrected chi connectivity index (χ1v) is 9.73. The van der Waals surface area contributed by atoms with Gasteiger partial charge in [0.25, 0.3) is 0 Å².